The van der Waals surface area contributed by atoms with E-state index in [2.05, 4.69) is 0 Å². The Balaban J connectivity index is -0.0000000625. The fourth-order valence-corrected chi connectivity index (χ4v) is 0. The Hall–Kier alpha value is -1.63. The minimum atomic E-state index is -2.19. The number of hydrogen-bond acceptors (Lipinski definition) is 8. The molecule has 0 aliphatic carbocycles. The molecule has 0 saturated carbocycles. The van der Waals surface area contributed by atoms with Gasteiger partial charge in [-0.2, -0.15) is 0 Å². The van der Waals surface area contributed by atoms with Gasteiger partial charge >= 0.3 is 23.3 Å². The Morgan fingerprint density at radius 3 is 0.929 bits per heavy atom. The molecule has 0 bridgehead atoms. The van der Waals surface area contributed by atoms with E-state index in [1.807, 2.05) is 0 Å². The van der Waals surface area contributed by atoms with Crippen LogP contribution in [0.15, 0.2) is 0 Å². The van der Waals surface area contributed by atoms with Gasteiger partial charge < -0.3 is 41.0 Å². The van der Waals surface area contributed by atoms with E-state index in [-0.39, 0.29) is 23.5 Å². The molecule has 0 heterocycles. The van der Waals surface area contributed by atoms with Crippen molar-refractivity contribution >= 4 is 41.2 Å². The van der Waals surface area contributed by atoms with Crippen LogP contribution in [0.4, 0.5) is 0 Å². The number of carboxylic acid groups (broad SMARTS) is 4. The van der Waals surface area contributed by atoms with E-state index in [1.165, 1.54) is 0 Å². The zero-order valence-electron chi connectivity index (χ0n) is 6.59. The first-order valence-corrected chi connectivity index (χ1v) is 2.15. The van der Waals surface area contributed by atoms with Crippen molar-refractivity contribution in [3.63, 3.8) is 0 Å². The minimum Gasteiger partial charge on any atom is -0.543 e. The van der Waals surface area contributed by atoms with Crippen LogP contribution in [0.5, 0.6) is 0 Å². The molecule has 0 rings (SSSR count). The number of rotatable bonds is 0. The van der Waals surface area contributed by atoms with E-state index in [0.29, 0.717) is 0 Å². The van der Waals surface area contributed by atoms with Gasteiger partial charge in [0.15, 0.2) is 5.97 Å². The van der Waals surface area contributed by atoms with Gasteiger partial charge in [-0.15, -0.1) is 0 Å². The summed E-state index contributed by atoms with van der Waals surface area (Å²) in [6.45, 7) is 0. The Morgan fingerprint density at radius 2 is 0.929 bits per heavy atom. The third kappa shape index (κ3) is 22.4. The summed E-state index contributed by atoms with van der Waals surface area (Å²) in [6, 6.07) is 0. The van der Waals surface area contributed by atoms with Gasteiger partial charge in [-0.3, -0.25) is 0 Å². The largest absolute Gasteiger partial charge is 3.00 e. The predicted molar refractivity (Wildman–Crippen MR) is 33.4 cm³/mol. The van der Waals surface area contributed by atoms with Gasteiger partial charge in [0.1, 0.15) is 0 Å². The van der Waals surface area contributed by atoms with E-state index in [4.69, 9.17) is 39.6 Å². The third-order valence-electron chi connectivity index (χ3n) is 0.341. The summed E-state index contributed by atoms with van der Waals surface area (Å²) in [7, 11) is 0. The molecule has 0 amide bonds. The van der Waals surface area contributed by atoms with Crippen molar-refractivity contribution in [3.05, 3.63) is 0 Å². The molecule has 76 valence electrons. The summed E-state index contributed by atoms with van der Waals surface area (Å²) in [5, 5.41) is 34.2. The average Bonchev–Trinajstić information content (AvgIpc) is 1.88. The van der Waals surface area contributed by atoms with Gasteiger partial charge in [-0.05, 0) is 0 Å². The molecule has 0 aliphatic heterocycles. The SMILES string of the molecule is N.O=C([O-])C(=O)O.O=C([O-])C(=O)[O-].[Al+3]. The topological polar surface area (TPSA) is 193 Å². The van der Waals surface area contributed by atoms with E-state index in [9.17, 15) is 0 Å². The van der Waals surface area contributed by atoms with Crippen LogP contribution < -0.4 is 21.5 Å². The molecule has 0 fully saturated rings. The zero-order valence-corrected chi connectivity index (χ0v) is 7.74. The first kappa shape index (κ1) is 22.8. The fraction of sp³-hybridized carbons (Fsp3) is 0. The standard InChI is InChI=1S/2C2H2O4.Al.H3N/c2*3-1(4)2(5)6;;/h2*(H,3,4)(H,5,6);;1H3/q;;+3;/p-3. The van der Waals surface area contributed by atoms with Crippen LogP contribution in [-0.2, 0) is 19.2 Å². The molecule has 9 nitrogen and oxygen atoms in total. The zero-order chi connectivity index (χ0) is 10.3. The van der Waals surface area contributed by atoms with Crippen molar-refractivity contribution in [2.24, 2.45) is 0 Å². The van der Waals surface area contributed by atoms with Gasteiger partial charge in [0.05, 0.1) is 11.9 Å². The maximum Gasteiger partial charge on any atom is 3.00 e. The van der Waals surface area contributed by atoms with Crippen LogP contribution in [0.1, 0.15) is 0 Å². The van der Waals surface area contributed by atoms with Gasteiger partial charge in [0.2, 0.25) is 0 Å². The molecule has 0 aromatic rings. The molecule has 14 heavy (non-hydrogen) atoms. The van der Waals surface area contributed by atoms with Crippen LogP contribution in [0.2, 0.25) is 0 Å². The van der Waals surface area contributed by atoms with Gasteiger partial charge in [-0.25, -0.2) is 4.79 Å². The van der Waals surface area contributed by atoms with Crippen molar-refractivity contribution in [1.82, 2.24) is 6.15 Å². The van der Waals surface area contributed by atoms with Crippen LogP contribution in [0.3, 0.4) is 0 Å². The summed E-state index contributed by atoms with van der Waals surface area (Å²) < 4.78 is 0. The number of carbonyl (C=O) groups excluding carboxylic acids is 3. The van der Waals surface area contributed by atoms with E-state index in [0.717, 1.165) is 0 Å². The van der Waals surface area contributed by atoms with Crippen LogP contribution in [0, 0.1) is 0 Å². The van der Waals surface area contributed by atoms with Gasteiger partial charge in [-0.1, -0.05) is 0 Å². The Morgan fingerprint density at radius 1 is 0.786 bits per heavy atom. The molecule has 4 N–H and O–H groups in total. The Labute approximate surface area is 87.7 Å². The summed E-state index contributed by atoms with van der Waals surface area (Å²) in [5.41, 5.74) is 0. The molecule has 0 aromatic carbocycles. The first-order valence-electron chi connectivity index (χ1n) is 2.15. The second kappa shape index (κ2) is 11.4. The van der Waals surface area contributed by atoms with Gasteiger partial charge in [0, 0.05) is 0 Å². The number of hydrogen-bond donors (Lipinski definition) is 2. The molecule has 0 atom stereocenters. The second-order valence-electron chi connectivity index (χ2n) is 1.17. The molecule has 0 unspecified atom stereocenters. The number of carboxylic acids is 4. The summed E-state index contributed by atoms with van der Waals surface area (Å²) in [6.07, 6.45) is 0. The maximum absolute atomic E-state index is 9.04. The Bertz CT molecular complexity index is 177. The Kier molecular flexibility index (Phi) is 18.5. The molecule has 10 heteroatoms. The third-order valence-corrected chi connectivity index (χ3v) is 0.341. The van der Waals surface area contributed by atoms with Crippen molar-refractivity contribution in [1.29, 1.82) is 0 Å². The van der Waals surface area contributed by atoms with Crippen molar-refractivity contribution < 1.29 is 39.6 Å². The van der Waals surface area contributed by atoms with Crippen LogP contribution in [0.25, 0.3) is 0 Å². The van der Waals surface area contributed by atoms with Crippen molar-refractivity contribution in [3.8, 4) is 0 Å². The summed E-state index contributed by atoms with van der Waals surface area (Å²) in [5.74, 6) is -8.38. The molecule has 0 spiro atoms. The summed E-state index contributed by atoms with van der Waals surface area (Å²) in [4.78, 5) is 35.9. The monoisotopic (exact) mass is 221 g/mol. The minimum absolute atomic E-state index is 0. The predicted octanol–water partition coefficient (Wildman–Crippen LogP) is -5.91. The first-order chi connectivity index (χ1) is 5.29. The quantitative estimate of drug-likeness (QED) is 0.295. The maximum atomic E-state index is 9.04. The van der Waals surface area contributed by atoms with E-state index >= 15 is 0 Å². The average molecular weight is 221 g/mol. The van der Waals surface area contributed by atoms with Crippen molar-refractivity contribution in [2.45, 2.75) is 0 Å². The number of carbonyl (C=O) groups is 4. The number of aliphatic carboxylic acids is 4. The molecule has 0 aliphatic rings. The molecule has 0 radical (unpaired) electrons. The smallest absolute Gasteiger partial charge is 0.543 e. The van der Waals surface area contributed by atoms with Crippen LogP contribution in [-0.4, -0.2) is 46.3 Å². The molecular weight excluding hydrogens is 217 g/mol. The van der Waals surface area contributed by atoms with Crippen molar-refractivity contribution in [2.75, 3.05) is 0 Å². The van der Waals surface area contributed by atoms with E-state index in [1.54, 1.807) is 0 Å². The van der Waals surface area contributed by atoms with Crippen LogP contribution >= 0.6 is 0 Å². The molecular formula is C4H4AlNO8. The normalized spacial score (nSPS) is 6.29. The van der Waals surface area contributed by atoms with E-state index < -0.39 is 23.9 Å². The van der Waals surface area contributed by atoms with Gasteiger partial charge in [0.25, 0.3) is 0 Å². The summed E-state index contributed by atoms with van der Waals surface area (Å²) >= 11 is 0. The fourth-order valence-electron chi connectivity index (χ4n) is 0. The second-order valence-corrected chi connectivity index (χ2v) is 1.17. The molecule has 0 saturated heterocycles. The molecule has 0 aromatic heterocycles.